The Kier molecular flexibility index (Phi) is 5.00. The van der Waals surface area contributed by atoms with Crippen LogP contribution < -0.4 is 4.90 Å². The number of nitrogens with zero attached hydrogens (tertiary/aromatic N) is 4. The van der Waals surface area contributed by atoms with Gasteiger partial charge in [0, 0.05) is 32.6 Å². The quantitative estimate of drug-likeness (QED) is 0.900. The van der Waals surface area contributed by atoms with Crippen LogP contribution in [0.1, 0.15) is 29.6 Å². The summed E-state index contributed by atoms with van der Waals surface area (Å²) in [5.41, 5.74) is 1.30. The first-order valence-corrected chi connectivity index (χ1v) is 7.99. The van der Waals surface area contributed by atoms with Crippen LogP contribution in [0.15, 0.2) is 30.6 Å². The minimum Gasteiger partial charge on any atom is -0.478 e. The molecule has 126 valence electrons. The summed E-state index contributed by atoms with van der Waals surface area (Å²) in [4.78, 5) is 26.1. The Labute approximate surface area is 140 Å². The van der Waals surface area contributed by atoms with Crippen LogP contribution in [0.4, 0.5) is 5.95 Å². The smallest absolute Gasteiger partial charge is 0.335 e. The summed E-state index contributed by atoms with van der Waals surface area (Å²) >= 11 is 0. The van der Waals surface area contributed by atoms with Crippen LogP contribution in [0.2, 0.25) is 0 Å². The Morgan fingerprint density at radius 1 is 1.29 bits per heavy atom. The van der Waals surface area contributed by atoms with E-state index in [-0.39, 0.29) is 11.7 Å². The van der Waals surface area contributed by atoms with Crippen molar-refractivity contribution in [3.05, 3.63) is 36.2 Å². The number of carboxylic acids is 1. The molecule has 1 aliphatic rings. The van der Waals surface area contributed by atoms with Gasteiger partial charge >= 0.3 is 5.97 Å². The number of anilines is 1. The van der Waals surface area contributed by atoms with Crippen LogP contribution >= 0.6 is 0 Å². The standard InChI is InChI=1S/C17H20N4O3/c1-21(11-13-4-2-3-9-24-13)17-19-8-6-14(20-17)15-10-12(16(22)23)5-7-18-15/h5-8,10,13H,2-4,9,11H2,1H3,(H,22,23)/t13-/m0/s1. The molecule has 0 aromatic carbocycles. The summed E-state index contributed by atoms with van der Waals surface area (Å²) in [7, 11) is 1.93. The lowest BCUT2D eigenvalue weighted by atomic mass is 10.1. The average molecular weight is 328 g/mol. The molecule has 24 heavy (non-hydrogen) atoms. The van der Waals surface area contributed by atoms with E-state index in [2.05, 4.69) is 15.0 Å². The fourth-order valence-electron chi connectivity index (χ4n) is 2.72. The van der Waals surface area contributed by atoms with Gasteiger partial charge in [0.05, 0.1) is 23.1 Å². The maximum absolute atomic E-state index is 11.1. The summed E-state index contributed by atoms with van der Waals surface area (Å²) in [6, 6.07) is 4.70. The number of ether oxygens (including phenoxy) is 1. The first-order chi connectivity index (χ1) is 11.6. The molecule has 3 rings (SSSR count). The van der Waals surface area contributed by atoms with Crippen molar-refractivity contribution in [3.8, 4) is 11.4 Å². The Morgan fingerprint density at radius 2 is 2.12 bits per heavy atom. The number of hydrogen-bond donors (Lipinski definition) is 1. The molecule has 0 spiro atoms. The Balaban J connectivity index is 1.78. The summed E-state index contributed by atoms with van der Waals surface area (Å²) in [6.07, 6.45) is 6.69. The Morgan fingerprint density at radius 3 is 2.88 bits per heavy atom. The first kappa shape index (κ1) is 16.3. The minimum atomic E-state index is -0.987. The van der Waals surface area contributed by atoms with E-state index < -0.39 is 5.97 Å². The molecular formula is C17H20N4O3. The summed E-state index contributed by atoms with van der Waals surface area (Å²) < 4.78 is 5.75. The second kappa shape index (κ2) is 7.35. The van der Waals surface area contributed by atoms with Gasteiger partial charge in [-0.05, 0) is 37.5 Å². The van der Waals surface area contributed by atoms with Crippen LogP contribution in [-0.4, -0.2) is 52.3 Å². The maximum atomic E-state index is 11.1. The number of hydrogen-bond acceptors (Lipinski definition) is 6. The van der Waals surface area contributed by atoms with Crippen LogP contribution in [0.25, 0.3) is 11.4 Å². The van der Waals surface area contributed by atoms with Crippen LogP contribution in [-0.2, 0) is 4.74 Å². The third-order valence-electron chi connectivity index (χ3n) is 4.01. The number of carboxylic acid groups (broad SMARTS) is 1. The highest BCUT2D eigenvalue weighted by atomic mass is 16.5. The van der Waals surface area contributed by atoms with Crippen molar-refractivity contribution in [1.82, 2.24) is 15.0 Å². The van der Waals surface area contributed by atoms with Crippen LogP contribution in [0.5, 0.6) is 0 Å². The van der Waals surface area contributed by atoms with Gasteiger partial charge in [-0.15, -0.1) is 0 Å². The van der Waals surface area contributed by atoms with E-state index in [0.29, 0.717) is 17.3 Å². The lowest BCUT2D eigenvalue weighted by molar-refractivity contribution is 0.0214. The molecule has 0 amide bonds. The fraction of sp³-hybridized carbons (Fsp3) is 0.412. The third-order valence-corrected chi connectivity index (χ3v) is 4.01. The van der Waals surface area contributed by atoms with Crippen molar-refractivity contribution in [2.45, 2.75) is 25.4 Å². The molecule has 1 N–H and O–H groups in total. The van der Waals surface area contributed by atoms with Gasteiger partial charge in [-0.25, -0.2) is 14.8 Å². The van der Waals surface area contributed by atoms with E-state index in [9.17, 15) is 4.79 Å². The Bertz CT molecular complexity index is 716. The second-order valence-corrected chi connectivity index (χ2v) is 5.85. The van der Waals surface area contributed by atoms with Crippen LogP contribution in [0.3, 0.4) is 0 Å². The highest BCUT2D eigenvalue weighted by molar-refractivity contribution is 5.88. The van der Waals surface area contributed by atoms with Gasteiger partial charge in [0.1, 0.15) is 0 Å². The fourth-order valence-corrected chi connectivity index (χ4v) is 2.72. The molecule has 0 aliphatic carbocycles. The Hall–Kier alpha value is -2.54. The highest BCUT2D eigenvalue weighted by Crippen LogP contribution is 2.19. The van der Waals surface area contributed by atoms with Gasteiger partial charge in [-0.3, -0.25) is 4.98 Å². The van der Waals surface area contributed by atoms with Gasteiger partial charge in [0.2, 0.25) is 5.95 Å². The molecule has 1 saturated heterocycles. The van der Waals surface area contributed by atoms with E-state index in [1.807, 2.05) is 11.9 Å². The SMILES string of the molecule is CN(C[C@@H]1CCCCO1)c1nccc(-c2cc(C(=O)O)ccn2)n1. The minimum absolute atomic E-state index is 0.184. The largest absolute Gasteiger partial charge is 0.478 e. The number of aromatic carboxylic acids is 1. The zero-order valence-corrected chi connectivity index (χ0v) is 13.6. The summed E-state index contributed by atoms with van der Waals surface area (Å²) in [5.74, 6) is -0.413. The molecule has 0 bridgehead atoms. The molecule has 2 aromatic heterocycles. The molecule has 0 radical (unpaired) electrons. The average Bonchev–Trinajstić information content (AvgIpc) is 2.63. The van der Waals surface area contributed by atoms with E-state index in [0.717, 1.165) is 26.0 Å². The van der Waals surface area contributed by atoms with Crippen molar-refractivity contribution >= 4 is 11.9 Å². The summed E-state index contributed by atoms with van der Waals surface area (Å²) in [5, 5.41) is 9.10. The molecule has 3 heterocycles. The number of rotatable bonds is 5. The van der Waals surface area contributed by atoms with Gasteiger partial charge in [-0.1, -0.05) is 0 Å². The van der Waals surface area contributed by atoms with Crippen molar-refractivity contribution < 1.29 is 14.6 Å². The molecule has 1 atom stereocenters. The lowest BCUT2D eigenvalue weighted by Crippen LogP contribution is -2.34. The summed E-state index contributed by atoms with van der Waals surface area (Å²) in [6.45, 7) is 1.54. The zero-order valence-electron chi connectivity index (χ0n) is 13.6. The molecular weight excluding hydrogens is 308 g/mol. The molecule has 1 aliphatic heterocycles. The number of pyridine rings is 1. The number of aromatic nitrogens is 3. The second-order valence-electron chi connectivity index (χ2n) is 5.85. The predicted molar refractivity (Wildman–Crippen MR) is 89.1 cm³/mol. The molecule has 7 heteroatoms. The van der Waals surface area contributed by atoms with Gasteiger partial charge in [0.15, 0.2) is 0 Å². The predicted octanol–water partition coefficient (Wildman–Crippen LogP) is 2.24. The maximum Gasteiger partial charge on any atom is 0.335 e. The molecule has 0 saturated carbocycles. The molecule has 0 unspecified atom stereocenters. The van der Waals surface area contributed by atoms with Gasteiger partial charge in [-0.2, -0.15) is 0 Å². The van der Waals surface area contributed by atoms with E-state index in [1.54, 1.807) is 12.3 Å². The normalized spacial score (nSPS) is 17.5. The van der Waals surface area contributed by atoms with Crippen molar-refractivity contribution in [2.24, 2.45) is 0 Å². The third kappa shape index (κ3) is 3.86. The lowest BCUT2D eigenvalue weighted by Gasteiger charge is -2.27. The van der Waals surface area contributed by atoms with Crippen molar-refractivity contribution in [1.29, 1.82) is 0 Å². The van der Waals surface area contributed by atoms with E-state index >= 15 is 0 Å². The van der Waals surface area contributed by atoms with Gasteiger partial charge in [0.25, 0.3) is 0 Å². The van der Waals surface area contributed by atoms with E-state index in [1.165, 1.54) is 24.8 Å². The van der Waals surface area contributed by atoms with Gasteiger partial charge < -0.3 is 14.7 Å². The zero-order chi connectivity index (χ0) is 16.9. The number of likely N-dealkylation sites (N-methyl/N-ethyl adjacent to an activating group) is 1. The van der Waals surface area contributed by atoms with Crippen molar-refractivity contribution in [3.63, 3.8) is 0 Å². The molecule has 7 nitrogen and oxygen atoms in total. The number of carbonyl (C=O) groups is 1. The van der Waals surface area contributed by atoms with E-state index in [4.69, 9.17) is 9.84 Å². The topological polar surface area (TPSA) is 88.4 Å². The molecule has 2 aromatic rings. The monoisotopic (exact) mass is 328 g/mol. The van der Waals surface area contributed by atoms with Crippen LogP contribution in [0, 0.1) is 0 Å². The molecule has 1 fully saturated rings. The highest BCUT2D eigenvalue weighted by Gasteiger charge is 2.18. The van der Waals surface area contributed by atoms with Crippen molar-refractivity contribution in [2.75, 3.05) is 25.1 Å². The first-order valence-electron chi connectivity index (χ1n) is 7.99.